The van der Waals surface area contributed by atoms with E-state index in [-0.39, 0.29) is 24.0 Å². The van der Waals surface area contributed by atoms with E-state index in [0.717, 1.165) is 23.2 Å². The summed E-state index contributed by atoms with van der Waals surface area (Å²) in [6.45, 7) is 2.69. The van der Waals surface area contributed by atoms with Gasteiger partial charge in [-0.15, -0.1) is 0 Å². The van der Waals surface area contributed by atoms with Gasteiger partial charge in [0.2, 0.25) is 0 Å². The highest BCUT2D eigenvalue weighted by atomic mass is 127. The lowest BCUT2D eigenvalue weighted by Crippen LogP contribution is -3.00. The lowest BCUT2D eigenvalue weighted by atomic mass is 10.4. The maximum atomic E-state index is 12.1. The molecule has 106 valence electrons. The number of hydrogen-bond acceptors (Lipinski definition) is 4. The first-order valence-electron chi connectivity index (χ1n) is 5.67. The second kappa shape index (κ2) is 10.0. The molecule has 0 aliphatic rings. The predicted octanol–water partition coefficient (Wildman–Crippen LogP) is 0.00100. The molecule has 0 saturated heterocycles. The van der Waals surface area contributed by atoms with Gasteiger partial charge >= 0.3 is 6.80 Å². The van der Waals surface area contributed by atoms with Gasteiger partial charge < -0.3 is 37.5 Å². The Morgan fingerprint density at radius 1 is 1.12 bits per heavy atom. The summed E-state index contributed by atoms with van der Waals surface area (Å²) in [5.74, 6) is 0.812. The van der Waals surface area contributed by atoms with Crippen LogP contribution in [0.3, 0.4) is 0 Å². The molecule has 0 bridgehead atoms. The molecule has 0 N–H and O–H groups in total. The minimum Gasteiger partial charge on any atom is -1.00 e. The van der Waals surface area contributed by atoms with Crippen molar-refractivity contribution in [1.29, 1.82) is 0 Å². The zero-order valence-electron chi connectivity index (χ0n) is 11.4. The fourth-order valence-electron chi connectivity index (χ4n) is 1.14. The molecule has 0 atom stereocenters. The molecule has 4 nitrogen and oxygen atoms in total. The van der Waals surface area contributed by atoms with Crippen molar-refractivity contribution in [3.8, 4) is 0 Å². The molecule has 0 aliphatic heterocycles. The van der Waals surface area contributed by atoms with Crippen molar-refractivity contribution in [3.63, 3.8) is 0 Å². The monoisotopic (exact) mass is 397 g/mol. The van der Waals surface area contributed by atoms with Crippen molar-refractivity contribution in [2.75, 3.05) is 46.7 Å². The standard InChI is InChI=1S/C10H25NO3PS.HI/c1-6-13-15(12,14-7-2)16-10-8-9-11(3,4)5;/h6-10H2,1-5H3;1H/q+1;/p-1. The summed E-state index contributed by atoms with van der Waals surface area (Å²) in [6, 6.07) is 0. The zero-order valence-corrected chi connectivity index (χ0v) is 15.3. The van der Waals surface area contributed by atoms with Crippen LogP contribution < -0.4 is 24.0 Å². The van der Waals surface area contributed by atoms with Gasteiger partial charge in [0.15, 0.2) is 0 Å². The molecular formula is C10H25INO3PS. The third-order valence-electron chi connectivity index (χ3n) is 1.80. The quantitative estimate of drug-likeness (QED) is 0.238. The molecule has 0 aromatic rings. The van der Waals surface area contributed by atoms with Crippen LogP contribution in [0.2, 0.25) is 0 Å². The molecular weight excluding hydrogens is 372 g/mol. The van der Waals surface area contributed by atoms with Gasteiger partial charge in [0.25, 0.3) is 0 Å². The molecule has 7 heteroatoms. The molecule has 0 aromatic carbocycles. The Morgan fingerprint density at radius 2 is 1.59 bits per heavy atom. The van der Waals surface area contributed by atoms with Crippen molar-refractivity contribution >= 4 is 18.2 Å². The molecule has 0 saturated carbocycles. The third kappa shape index (κ3) is 12.0. The summed E-state index contributed by atoms with van der Waals surface area (Å²) in [5, 5.41) is 0. The van der Waals surface area contributed by atoms with Gasteiger partial charge in [0.1, 0.15) is 0 Å². The van der Waals surface area contributed by atoms with Crippen molar-refractivity contribution in [2.45, 2.75) is 20.3 Å². The molecule has 0 fully saturated rings. The van der Waals surface area contributed by atoms with Crippen LogP contribution in [0, 0.1) is 0 Å². The minimum atomic E-state index is -2.89. The number of nitrogens with zero attached hydrogens (tertiary/aromatic N) is 1. The maximum Gasteiger partial charge on any atom is 0.389 e. The molecule has 0 unspecified atom stereocenters. The van der Waals surface area contributed by atoms with E-state index in [1.54, 1.807) is 0 Å². The summed E-state index contributed by atoms with van der Waals surface area (Å²) in [7, 11) is 6.44. The van der Waals surface area contributed by atoms with E-state index in [0.29, 0.717) is 13.2 Å². The van der Waals surface area contributed by atoms with Crippen LogP contribution in [0.5, 0.6) is 0 Å². The largest absolute Gasteiger partial charge is 1.00 e. The summed E-state index contributed by atoms with van der Waals surface area (Å²) < 4.78 is 23.4. The van der Waals surface area contributed by atoms with E-state index in [9.17, 15) is 4.57 Å². The van der Waals surface area contributed by atoms with E-state index in [1.807, 2.05) is 13.8 Å². The van der Waals surface area contributed by atoms with Crippen molar-refractivity contribution in [2.24, 2.45) is 0 Å². The highest BCUT2D eigenvalue weighted by Gasteiger charge is 2.24. The van der Waals surface area contributed by atoms with Crippen LogP contribution in [0.15, 0.2) is 0 Å². The Morgan fingerprint density at radius 3 is 1.94 bits per heavy atom. The van der Waals surface area contributed by atoms with Crippen molar-refractivity contribution in [3.05, 3.63) is 0 Å². The van der Waals surface area contributed by atoms with E-state index in [2.05, 4.69) is 21.1 Å². The van der Waals surface area contributed by atoms with Gasteiger partial charge in [-0.05, 0) is 25.2 Å². The van der Waals surface area contributed by atoms with Crippen molar-refractivity contribution < 1.29 is 42.1 Å². The molecule has 17 heavy (non-hydrogen) atoms. The molecule has 0 spiro atoms. The third-order valence-corrected chi connectivity index (χ3v) is 5.86. The molecule has 0 heterocycles. The highest BCUT2D eigenvalue weighted by Crippen LogP contribution is 2.60. The fourth-order valence-corrected chi connectivity index (χ4v) is 4.62. The van der Waals surface area contributed by atoms with Gasteiger partial charge in [-0.25, -0.2) is 4.57 Å². The normalized spacial score (nSPS) is 12.3. The van der Waals surface area contributed by atoms with Gasteiger partial charge in [-0.2, -0.15) is 0 Å². The lowest BCUT2D eigenvalue weighted by Gasteiger charge is -2.24. The van der Waals surface area contributed by atoms with Gasteiger partial charge in [-0.1, -0.05) is 0 Å². The first-order valence-corrected chi connectivity index (χ1v) is 8.80. The molecule has 0 aliphatic carbocycles. The predicted molar refractivity (Wildman–Crippen MR) is 70.8 cm³/mol. The highest BCUT2D eigenvalue weighted by molar-refractivity contribution is 8.55. The van der Waals surface area contributed by atoms with E-state index in [4.69, 9.17) is 9.05 Å². The first kappa shape index (κ1) is 20.5. The topological polar surface area (TPSA) is 35.5 Å². The van der Waals surface area contributed by atoms with Crippen LogP contribution in [0.4, 0.5) is 0 Å². The first-order chi connectivity index (χ1) is 7.33. The average Bonchev–Trinajstić information content (AvgIpc) is 2.12. The number of halogens is 1. The van der Waals surface area contributed by atoms with Crippen LogP contribution in [0.1, 0.15) is 20.3 Å². The summed E-state index contributed by atoms with van der Waals surface area (Å²) in [4.78, 5) is 0. The van der Waals surface area contributed by atoms with E-state index >= 15 is 0 Å². The molecule has 0 radical (unpaired) electrons. The molecule has 0 amide bonds. The maximum absolute atomic E-state index is 12.1. The SMILES string of the molecule is CCOP(=O)(OCC)SCCC[N+](C)(C)C.[I-]. The van der Waals surface area contributed by atoms with Crippen LogP contribution in [-0.4, -0.2) is 51.1 Å². The van der Waals surface area contributed by atoms with Crippen LogP contribution >= 0.6 is 18.2 Å². The number of quaternary nitrogens is 1. The van der Waals surface area contributed by atoms with E-state index in [1.165, 1.54) is 11.4 Å². The van der Waals surface area contributed by atoms with E-state index < -0.39 is 6.80 Å². The Labute approximate surface area is 127 Å². The second-order valence-corrected chi connectivity index (χ2v) is 8.68. The Bertz CT molecular complexity index is 226. The number of rotatable bonds is 9. The summed E-state index contributed by atoms with van der Waals surface area (Å²) in [6.07, 6.45) is 1.01. The Hall–Kier alpha value is 1.19. The minimum absolute atomic E-state index is 0. The Balaban J connectivity index is 0. The molecule has 0 rings (SSSR count). The second-order valence-electron chi connectivity index (χ2n) is 4.48. The average molecular weight is 397 g/mol. The van der Waals surface area contributed by atoms with Gasteiger partial charge in [0.05, 0.1) is 40.9 Å². The summed E-state index contributed by atoms with van der Waals surface area (Å²) in [5.41, 5.74) is 0. The molecule has 0 aromatic heterocycles. The van der Waals surface area contributed by atoms with Crippen molar-refractivity contribution in [1.82, 2.24) is 0 Å². The number of hydrogen-bond donors (Lipinski definition) is 0. The smallest absolute Gasteiger partial charge is 0.389 e. The zero-order chi connectivity index (χ0) is 12.7. The van der Waals surface area contributed by atoms with Gasteiger partial charge in [0, 0.05) is 12.2 Å². The van der Waals surface area contributed by atoms with Gasteiger partial charge in [-0.3, -0.25) is 0 Å². The Kier molecular flexibility index (Phi) is 12.1. The summed E-state index contributed by atoms with van der Waals surface area (Å²) >= 11 is 1.31. The van der Waals surface area contributed by atoms with Crippen LogP contribution in [0.25, 0.3) is 0 Å². The van der Waals surface area contributed by atoms with Crippen LogP contribution in [-0.2, 0) is 13.6 Å². The fraction of sp³-hybridized carbons (Fsp3) is 1.00. The lowest BCUT2D eigenvalue weighted by molar-refractivity contribution is -0.870.